The van der Waals surface area contributed by atoms with E-state index in [0.29, 0.717) is 28.8 Å². The van der Waals surface area contributed by atoms with Gasteiger partial charge in [0, 0.05) is 37.0 Å². The Morgan fingerprint density at radius 3 is 2.49 bits per heavy atom. The van der Waals surface area contributed by atoms with Gasteiger partial charge in [0.1, 0.15) is 27.4 Å². The zero-order valence-corrected chi connectivity index (χ0v) is 21.1. The van der Waals surface area contributed by atoms with Gasteiger partial charge in [0.2, 0.25) is 11.9 Å². The van der Waals surface area contributed by atoms with E-state index in [2.05, 4.69) is 27.2 Å². The van der Waals surface area contributed by atoms with Crippen molar-refractivity contribution in [2.24, 2.45) is 0 Å². The van der Waals surface area contributed by atoms with E-state index in [-0.39, 0.29) is 46.3 Å². The van der Waals surface area contributed by atoms with Crippen LogP contribution in [0.15, 0.2) is 24.9 Å². The number of benzene rings is 1. The molecule has 35 heavy (non-hydrogen) atoms. The van der Waals surface area contributed by atoms with Crippen LogP contribution in [0.1, 0.15) is 24.8 Å². The predicted octanol–water partition coefficient (Wildman–Crippen LogP) is 4.01. The first kappa shape index (κ1) is 24.9. The number of ether oxygens (including phenoxy) is 2. The average molecular weight is 521 g/mol. The summed E-state index contributed by atoms with van der Waals surface area (Å²) < 4.78 is 10.7. The molecule has 10 nitrogen and oxygen atoms in total. The number of nitrogens with one attached hydrogen (secondary N) is 2. The second kappa shape index (κ2) is 10.2. The van der Waals surface area contributed by atoms with E-state index in [9.17, 15) is 9.59 Å². The Bertz CT molecular complexity index is 1150. The molecule has 2 aliphatic rings. The molecule has 0 radical (unpaired) electrons. The summed E-state index contributed by atoms with van der Waals surface area (Å²) in [4.78, 5) is 36.8. The van der Waals surface area contributed by atoms with Crippen LogP contribution in [0, 0.1) is 0 Å². The van der Waals surface area contributed by atoms with E-state index in [1.54, 1.807) is 19.3 Å². The summed E-state index contributed by atoms with van der Waals surface area (Å²) in [6.45, 7) is 3.64. The van der Waals surface area contributed by atoms with E-state index in [1.165, 1.54) is 30.1 Å². The largest absolute Gasteiger partial charge is 0.495 e. The third-order valence-corrected chi connectivity index (χ3v) is 6.85. The fraction of sp³-hybridized carbons (Fsp3) is 0.391. The number of nitrogens with zero attached hydrogens (tertiary/aromatic N) is 4. The Balaban J connectivity index is 1.57. The van der Waals surface area contributed by atoms with Crippen molar-refractivity contribution in [2.75, 3.05) is 36.4 Å². The van der Waals surface area contributed by atoms with Gasteiger partial charge in [-0.25, -0.2) is 9.78 Å². The standard InChI is InChI=1S/C23H26Cl2N6O4/c1-5-17(32)27-13-6-7-14(8-13)28-22-26-10-12-11-31(23(33)30(2)21(12)29-22)20-18(24)15(34-3)9-16(35-4)19(20)25/h5,9-10,13-14H,1,6-8,11H2,2-4H3,(H,27,32)(H,26,28,29). The monoisotopic (exact) mass is 520 g/mol. The first-order chi connectivity index (χ1) is 16.8. The number of halogens is 2. The molecule has 1 aromatic carbocycles. The van der Waals surface area contributed by atoms with Crippen molar-refractivity contribution in [1.82, 2.24) is 15.3 Å². The topological polar surface area (TPSA) is 109 Å². The second-order valence-electron chi connectivity index (χ2n) is 8.29. The number of rotatable bonds is 7. The van der Waals surface area contributed by atoms with Gasteiger partial charge >= 0.3 is 6.03 Å². The molecule has 1 aliphatic carbocycles. The van der Waals surface area contributed by atoms with Crippen LogP contribution < -0.4 is 29.9 Å². The van der Waals surface area contributed by atoms with Crippen LogP contribution in [0.2, 0.25) is 10.0 Å². The van der Waals surface area contributed by atoms with Crippen molar-refractivity contribution >= 4 is 52.6 Å². The van der Waals surface area contributed by atoms with Gasteiger partial charge in [-0.1, -0.05) is 29.8 Å². The van der Waals surface area contributed by atoms with Gasteiger partial charge in [-0.05, 0) is 25.3 Å². The quantitative estimate of drug-likeness (QED) is 0.530. The summed E-state index contributed by atoms with van der Waals surface area (Å²) in [5.74, 6) is 1.38. The number of fused-ring (bicyclic) bond motifs is 1. The molecular formula is C23H26Cl2N6O4. The molecule has 1 saturated carbocycles. The van der Waals surface area contributed by atoms with E-state index in [1.807, 2.05) is 0 Å². The van der Waals surface area contributed by atoms with Gasteiger partial charge < -0.3 is 20.1 Å². The minimum absolute atomic E-state index is 0.0720. The Labute approximate surface area is 213 Å². The molecule has 0 bridgehead atoms. The number of carbonyl (C=O) groups excluding carboxylic acids is 2. The molecule has 2 aromatic rings. The maximum atomic E-state index is 13.3. The van der Waals surface area contributed by atoms with Crippen LogP contribution >= 0.6 is 23.2 Å². The first-order valence-electron chi connectivity index (χ1n) is 11.0. The summed E-state index contributed by atoms with van der Waals surface area (Å²) in [6.07, 6.45) is 5.40. The van der Waals surface area contributed by atoms with Gasteiger partial charge in [0.05, 0.1) is 26.5 Å². The molecule has 186 valence electrons. The molecule has 0 spiro atoms. The molecular weight excluding hydrogens is 495 g/mol. The van der Waals surface area contributed by atoms with Gasteiger partial charge in [0.15, 0.2) is 0 Å². The molecule has 1 fully saturated rings. The van der Waals surface area contributed by atoms with Crippen LogP contribution in [-0.4, -0.2) is 55.3 Å². The molecule has 3 amide bonds. The minimum Gasteiger partial charge on any atom is -0.495 e. The van der Waals surface area contributed by atoms with Crippen molar-refractivity contribution in [2.45, 2.75) is 37.9 Å². The summed E-state index contributed by atoms with van der Waals surface area (Å²) in [5.41, 5.74) is 1.00. The number of hydrogen-bond acceptors (Lipinski definition) is 7. The van der Waals surface area contributed by atoms with E-state index in [4.69, 9.17) is 32.7 Å². The smallest absolute Gasteiger partial charge is 0.330 e. The lowest BCUT2D eigenvalue weighted by atomic mass is 10.1. The fourth-order valence-corrected chi connectivity index (χ4v) is 5.05. The maximum absolute atomic E-state index is 13.3. The molecule has 2 N–H and O–H groups in total. The Kier molecular flexibility index (Phi) is 7.23. The zero-order chi connectivity index (χ0) is 25.3. The fourth-order valence-electron chi connectivity index (χ4n) is 4.35. The van der Waals surface area contributed by atoms with E-state index >= 15 is 0 Å². The van der Waals surface area contributed by atoms with E-state index < -0.39 is 0 Å². The minimum atomic E-state index is -0.366. The Hall–Kier alpha value is -3.24. The molecule has 0 saturated heterocycles. The Morgan fingerprint density at radius 2 is 1.86 bits per heavy atom. The van der Waals surface area contributed by atoms with Gasteiger partial charge in [-0.3, -0.25) is 14.6 Å². The molecule has 12 heteroatoms. The summed E-state index contributed by atoms with van der Waals surface area (Å²) in [6, 6.07) is 1.38. The van der Waals surface area contributed by atoms with Crippen LogP contribution in [0.4, 0.5) is 22.2 Å². The average Bonchev–Trinajstić information content (AvgIpc) is 3.29. The van der Waals surface area contributed by atoms with Crippen LogP contribution in [-0.2, 0) is 11.3 Å². The lowest BCUT2D eigenvalue weighted by Crippen LogP contribution is -2.46. The highest BCUT2D eigenvalue weighted by Gasteiger charge is 2.35. The number of aromatic nitrogens is 2. The zero-order valence-electron chi connectivity index (χ0n) is 19.6. The highest BCUT2D eigenvalue weighted by molar-refractivity contribution is 6.42. The first-order valence-corrected chi connectivity index (χ1v) is 11.7. The SMILES string of the molecule is C=CC(=O)NC1CCC(Nc2ncc3c(n2)N(C)C(=O)N(c2c(Cl)c(OC)cc(OC)c2Cl)C3)C1. The number of urea groups is 1. The number of methoxy groups -OCH3 is 2. The van der Waals surface area contributed by atoms with Crippen molar-refractivity contribution < 1.29 is 19.1 Å². The molecule has 2 unspecified atom stereocenters. The van der Waals surface area contributed by atoms with Crippen molar-refractivity contribution in [3.63, 3.8) is 0 Å². The molecule has 2 atom stereocenters. The second-order valence-corrected chi connectivity index (χ2v) is 9.05. The number of hydrogen-bond donors (Lipinski definition) is 2. The lowest BCUT2D eigenvalue weighted by molar-refractivity contribution is -0.117. The molecule has 1 aromatic heterocycles. The van der Waals surface area contributed by atoms with Gasteiger partial charge in [-0.2, -0.15) is 4.98 Å². The summed E-state index contributed by atoms with van der Waals surface area (Å²) >= 11 is 13.1. The van der Waals surface area contributed by atoms with Crippen LogP contribution in [0.25, 0.3) is 0 Å². The third kappa shape index (κ3) is 4.81. The third-order valence-electron chi connectivity index (χ3n) is 6.12. The van der Waals surface area contributed by atoms with Crippen molar-refractivity contribution in [1.29, 1.82) is 0 Å². The van der Waals surface area contributed by atoms with Gasteiger partial charge in [0.25, 0.3) is 0 Å². The predicted molar refractivity (Wildman–Crippen MR) is 135 cm³/mol. The molecule has 2 heterocycles. The number of amides is 3. The van der Waals surface area contributed by atoms with Crippen molar-refractivity contribution in [3.8, 4) is 11.5 Å². The molecule has 1 aliphatic heterocycles. The van der Waals surface area contributed by atoms with Crippen LogP contribution in [0.3, 0.4) is 0 Å². The number of carbonyl (C=O) groups is 2. The normalized spacial score (nSPS) is 19.3. The Morgan fingerprint density at radius 1 is 1.20 bits per heavy atom. The van der Waals surface area contributed by atoms with Gasteiger partial charge in [-0.15, -0.1) is 0 Å². The maximum Gasteiger partial charge on any atom is 0.330 e. The lowest BCUT2D eigenvalue weighted by Gasteiger charge is -2.35. The van der Waals surface area contributed by atoms with Crippen LogP contribution in [0.5, 0.6) is 11.5 Å². The number of anilines is 3. The summed E-state index contributed by atoms with van der Waals surface area (Å²) in [7, 11) is 4.57. The highest BCUT2D eigenvalue weighted by Crippen LogP contribution is 2.47. The summed E-state index contributed by atoms with van der Waals surface area (Å²) in [5, 5.41) is 6.62. The van der Waals surface area contributed by atoms with E-state index in [0.717, 1.165) is 19.3 Å². The highest BCUT2D eigenvalue weighted by atomic mass is 35.5. The molecule has 4 rings (SSSR count). The van der Waals surface area contributed by atoms with Crippen molar-refractivity contribution in [3.05, 3.63) is 40.5 Å².